The van der Waals surface area contributed by atoms with Crippen LogP contribution in [0.5, 0.6) is 0 Å². The van der Waals surface area contributed by atoms with Crippen LogP contribution >= 0.6 is 0 Å². The van der Waals surface area contributed by atoms with E-state index < -0.39 is 0 Å². The summed E-state index contributed by atoms with van der Waals surface area (Å²) >= 11 is 0. The Morgan fingerprint density at radius 1 is 1.26 bits per heavy atom. The number of nitrogens with zero attached hydrogens (tertiary/aromatic N) is 1. The molecule has 0 bridgehead atoms. The molecule has 1 aromatic carbocycles. The Kier molecular flexibility index (Phi) is 4.25. The molecule has 0 radical (unpaired) electrons. The van der Waals surface area contributed by atoms with Crippen LogP contribution in [0.3, 0.4) is 0 Å². The Morgan fingerprint density at radius 3 is 2.47 bits per heavy atom. The lowest BCUT2D eigenvalue weighted by Crippen LogP contribution is -2.39. The Balaban J connectivity index is 2.38. The molecule has 0 spiro atoms. The van der Waals surface area contributed by atoms with Gasteiger partial charge in [-0.3, -0.25) is 10.1 Å². The largest absolute Gasteiger partial charge is 0.319 e. The third kappa shape index (κ3) is 2.52. The van der Waals surface area contributed by atoms with E-state index in [1.807, 2.05) is 24.0 Å². The van der Waals surface area contributed by atoms with Crippen LogP contribution in [0.15, 0.2) is 24.3 Å². The molecule has 2 unspecified atom stereocenters. The van der Waals surface area contributed by atoms with E-state index in [4.69, 9.17) is 0 Å². The van der Waals surface area contributed by atoms with Crippen molar-refractivity contribution in [2.24, 2.45) is 0 Å². The average Bonchev–Trinajstić information content (AvgIpc) is 2.69. The van der Waals surface area contributed by atoms with E-state index in [1.54, 1.807) is 0 Å². The highest BCUT2D eigenvalue weighted by molar-refractivity contribution is 5.84. The lowest BCUT2D eigenvalue weighted by molar-refractivity contribution is -0.132. The molecule has 3 heteroatoms. The molecule has 1 aliphatic heterocycles. The van der Waals surface area contributed by atoms with E-state index in [-0.39, 0.29) is 18.1 Å². The second kappa shape index (κ2) is 5.74. The van der Waals surface area contributed by atoms with E-state index >= 15 is 0 Å². The molecule has 1 amide bonds. The van der Waals surface area contributed by atoms with Crippen LogP contribution in [0.4, 0.5) is 0 Å². The van der Waals surface area contributed by atoms with Crippen LogP contribution in [0, 0.1) is 6.92 Å². The van der Waals surface area contributed by atoms with E-state index in [2.05, 4.69) is 38.2 Å². The van der Waals surface area contributed by atoms with Crippen molar-refractivity contribution >= 4 is 5.91 Å². The highest BCUT2D eigenvalue weighted by Gasteiger charge is 2.40. The zero-order valence-electron chi connectivity index (χ0n) is 12.3. The summed E-state index contributed by atoms with van der Waals surface area (Å²) in [6.07, 6.45) is 2.02. The Morgan fingerprint density at radius 2 is 1.89 bits per heavy atom. The lowest BCUT2D eigenvalue weighted by Gasteiger charge is -2.32. The molecule has 0 aromatic heterocycles. The molecule has 2 atom stereocenters. The maximum absolute atomic E-state index is 12.4. The number of carbonyl (C=O) groups excluding carboxylic acids is 1. The van der Waals surface area contributed by atoms with Gasteiger partial charge < -0.3 is 4.90 Å². The maximum atomic E-state index is 12.4. The first-order chi connectivity index (χ1) is 9.10. The Bertz CT molecular complexity index is 454. The highest BCUT2D eigenvalue weighted by atomic mass is 16.2. The summed E-state index contributed by atoms with van der Waals surface area (Å²) in [5, 5.41) is 3.44. The normalized spacial score (nSPS) is 23.4. The van der Waals surface area contributed by atoms with Gasteiger partial charge in [0.1, 0.15) is 6.17 Å². The topological polar surface area (TPSA) is 32.3 Å². The predicted octanol–water partition coefficient (Wildman–Crippen LogP) is 3.00. The van der Waals surface area contributed by atoms with Crippen molar-refractivity contribution in [2.75, 3.05) is 0 Å². The Hall–Kier alpha value is -1.35. The second-order valence-corrected chi connectivity index (χ2v) is 5.36. The molecule has 1 N–H and O–H groups in total. The minimum atomic E-state index is -0.0924. The molecule has 19 heavy (non-hydrogen) atoms. The van der Waals surface area contributed by atoms with Crippen molar-refractivity contribution in [3.05, 3.63) is 35.4 Å². The summed E-state index contributed by atoms with van der Waals surface area (Å²) in [6, 6.07) is 8.53. The first-order valence-electron chi connectivity index (χ1n) is 7.23. The molecule has 1 fully saturated rings. The lowest BCUT2D eigenvalue weighted by atomic mass is 10.0. The second-order valence-electron chi connectivity index (χ2n) is 5.36. The van der Waals surface area contributed by atoms with Crippen molar-refractivity contribution in [3.63, 3.8) is 0 Å². The summed E-state index contributed by atoms with van der Waals surface area (Å²) in [5.41, 5.74) is 2.45. The molecule has 1 aliphatic rings. The number of nitrogens with one attached hydrogen (secondary N) is 1. The van der Waals surface area contributed by atoms with Gasteiger partial charge in [-0.05, 0) is 37.8 Å². The summed E-state index contributed by atoms with van der Waals surface area (Å²) in [5.74, 6) is 0.224. The predicted molar refractivity (Wildman–Crippen MR) is 77.7 cm³/mol. The van der Waals surface area contributed by atoms with Crippen LogP contribution in [0.2, 0.25) is 0 Å². The maximum Gasteiger partial charge on any atom is 0.241 e. The quantitative estimate of drug-likeness (QED) is 0.902. The van der Waals surface area contributed by atoms with Crippen molar-refractivity contribution in [1.82, 2.24) is 10.2 Å². The first-order valence-corrected chi connectivity index (χ1v) is 7.23. The molecule has 3 nitrogen and oxygen atoms in total. The first kappa shape index (κ1) is 14.1. The molecule has 0 saturated carbocycles. The molecule has 1 saturated heterocycles. The minimum absolute atomic E-state index is 0.0219. The average molecular weight is 260 g/mol. The summed E-state index contributed by atoms with van der Waals surface area (Å²) < 4.78 is 0. The summed E-state index contributed by atoms with van der Waals surface area (Å²) in [7, 11) is 0. The fraction of sp³-hybridized carbons (Fsp3) is 0.562. The zero-order valence-corrected chi connectivity index (χ0v) is 12.3. The van der Waals surface area contributed by atoms with Crippen LogP contribution in [-0.2, 0) is 4.79 Å². The van der Waals surface area contributed by atoms with Crippen LogP contribution in [0.25, 0.3) is 0 Å². The number of hydrogen-bond donors (Lipinski definition) is 1. The highest BCUT2D eigenvalue weighted by Crippen LogP contribution is 2.31. The number of aryl methyl sites for hydroxylation is 1. The summed E-state index contributed by atoms with van der Waals surface area (Å²) in [6.45, 7) is 8.37. The molecule has 0 aliphatic carbocycles. The van der Waals surface area contributed by atoms with Crippen molar-refractivity contribution in [1.29, 1.82) is 0 Å². The smallest absolute Gasteiger partial charge is 0.241 e. The van der Waals surface area contributed by atoms with Gasteiger partial charge in [-0.1, -0.05) is 38.1 Å². The molecular formula is C16H24N2O. The van der Waals surface area contributed by atoms with Gasteiger partial charge in [-0.15, -0.1) is 0 Å². The standard InChI is InChI=1S/C16H24N2O/c1-5-13(6-2)18-15(17-12(4)16(18)19)14-10-8-7-9-11(14)3/h7-10,12-13,15,17H,5-6H2,1-4H3. The van der Waals surface area contributed by atoms with Crippen LogP contribution < -0.4 is 5.32 Å². The Labute approximate surface area is 116 Å². The van der Waals surface area contributed by atoms with Crippen LogP contribution in [-0.4, -0.2) is 22.9 Å². The van der Waals surface area contributed by atoms with Gasteiger partial charge in [0.25, 0.3) is 0 Å². The van der Waals surface area contributed by atoms with E-state index in [1.165, 1.54) is 11.1 Å². The fourth-order valence-corrected chi connectivity index (χ4v) is 2.95. The van der Waals surface area contributed by atoms with Crippen molar-refractivity contribution < 1.29 is 4.79 Å². The van der Waals surface area contributed by atoms with Gasteiger partial charge in [0.15, 0.2) is 0 Å². The molecule has 2 rings (SSSR count). The van der Waals surface area contributed by atoms with Gasteiger partial charge >= 0.3 is 0 Å². The van der Waals surface area contributed by atoms with Gasteiger partial charge in [-0.25, -0.2) is 0 Å². The number of rotatable bonds is 4. The van der Waals surface area contributed by atoms with Gasteiger partial charge in [0.2, 0.25) is 5.91 Å². The SMILES string of the molecule is CCC(CC)N1C(=O)C(C)NC1c1ccccc1C. The van der Waals surface area contributed by atoms with E-state index in [0.717, 1.165) is 12.8 Å². The number of amides is 1. The van der Waals surface area contributed by atoms with E-state index in [9.17, 15) is 4.79 Å². The molecular weight excluding hydrogens is 236 g/mol. The third-order valence-corrected chi connectivity index (χ3v) is 4.13. The molecule has 1 aromatic rings. The van der Waals surface area contributed by atoms with Gasteiger partial charge in [-0.2, -0.15) is 0 Å². The third-order valence-electron chi connectivity index (χ3n) is 4.13. The van der Waals surface area contributed by atoms with Crippen molar-refractivity contribution in [2.45, 2.75) is 58.8 Å². The number of hydrogen-bond acceptors (Lipinski definition) is 2. The minimum Gasteiger partial charge on any atom is -0.319 e. The van der Waals surface area contributed by atoms with Crippen LogP contribution in [0.1, 0.15) is 50.9 Å². The number of carbonyl (C=O) groups is 1. The van der Waals surface area contributed by atoms with Crippen molar-refractivity contribution in [3.8, 4) is 0 Å². The summed E-state index contributed by atoms with van der Waals surface area (Å²) in [4.78, 5) is 14.5. The fourth-order valence-electron chi connectivity index (χ4n) is 2.95. The van der Waals surface area contributed by atoms with Gasteiger partial charge in [0, 0.05) is 6.04 Å². The van der Waals surface area contributed by atoms with E-state index in [0.29, 0.717) is 6.04 Å². The zero-order chi connectivity index (χ0) is 14.0. The molecule has 104 valence electrons. The molecule has 1 heterocycles. The number of benzene rings is 1. The van der Waals surface area contributed by atoms with Gasteiger partial charge in [0.05, 0.1) is 6.04 Å². The monoisotopic (exact) mass is 260 g/mol.